The molecule has 1 aliphatic heterocycles. The van der Waals surface area contributed by atoms with Gasteiger partial charge in [0, 0.05) is 12.2 Å². The number of hydrogen-bond donors (Lipinski definition) is 8. The van der Waals surface area contributed by atoms with Gasteiger partial charge in [-0.25, -0.2) is 9.59 Å². The molecule has 1 heterocycles. The fourth-order valence-electron chi connectivity index (χ4n) is 7.83. The molecule has 18 heteroatoms. The maximum absolute atomic E-state index is 14.8. The van der Waals surface area contributed by atoms with Crippen LogP contribution in [0, 0.1) is 5.92 Å². The number of carbonyl (C=O) groups is 9. The molecule has 2 fully saturated rings. The summed E-state index contributed by atoms with van der Waals surface area (Å²) in [4.78, 5) is 121. The average molecular weight is 853 g/mol. The number of aromatic carboxylic acids is 1. The third-order valence-corrected chi connectivity index (χ3v) is 10.9. The minimum Gasteiger partial charge on any atom is -0.478 e. The molecule has 0 bridgehead atoms. The lowest BCUT2D eigenvalue weighted by Gasteiger charge is -2.35. The highest BCUT2D eigenvalue weighted by molar-refractivity contribution is 6.38. The van der Waals surface area contributed by atoms with Gasteiger partial charge in [-0.2, -0.15) is 0 Å². The van der Waals surface area contributed by atoms with E-state index >= 15 is 0 Å². The van der Waals surface area contributed by atoms with E-state index in [0.717, 1.165) is 19.3 Å². The second-order valence-corrected chi connectivity index (χ2v) is 15.3. The summed E-state index contributed by atoms with van der Waals surface area (Å²) in [7, 11) is 0. The van der Waals surface area contributed by atoms with Crippen molar-refractivity contribution in [3.05, 3.63) is 102 Å². The van der Waals surface area contributed by atoms with Crippen LogP contribution in [0.25, 0.3) is 0 Å². The molecule has 2 unspecified atom stereocenters. The molecule has 9 N–H and O–H groups in total. The lowest BCUT2D eigenvalue weighted by Crippen LogP contribution is -2.58. The van der Waals surface area contributed by atoms with Crippen molar-refractivity contribution in [2.75, 3.05) is 18.4 Å². The summed E-state index contributed by atoms with van der Waals surface area (Å²) in [5.74, 6) is -7.84. The number of rotatable bonds is 18. The van der Waals surface area contributed by atoms with Crippen molar-refractivity contribution < 1.29 is 48.3 Å². The second kappa shape index (κ2) is 21.9. The predicted molar refractivity (Wildman–Crippen MR) is 225 cm³/mol. The van der Waals surface area contributed by atoms with Crippen molar-refractivity contribution in [3.8, 4) is 0 Å². The summed E-state index contributed by atoms with van der Waals surface area (Å²) in [6, 6.07) is 15.9. The third kappa shape index (κ3) is 12.2. The van der Waals surface area contributed by atoms with Crippen LogP contribution in [-0.4, -0.2) is 100 Å². The highest BCUT2D eigenvalue weighted by Gasteiger charge is 2.45. The van der Waals surface area contributed by atoms with E-state index in [-0.39, 0.29) is 36.4 Å². The first kappa shape index (κ1) is 46.0. The molecule has 0 radical (unpaired) electrons. The van der Waals surface area contributed by atoms with Crippen LogP contribution in [0.15, 0.2) is 84.9 Å². The highest BCUT2D eigenvalue weighted by atomic mass is 16.4. The number of carboxylic acids is 1. The van der Waals surface area contributed by atoms with E-state index in [2.05, 4.69) is 31.9 Å². The molecule has 18 nitrogen and oxygen atoms in total. The minimum atomic E-state index is -1.38. The molecule has 328 valence electrons. The maximum Gasteiger partial charge on any atom is 0.336 e. The molecule has 5 atom stereocenters. The summed E-state index contributed by atoms with van der Waals surface area (Å²) in [5, 5.41) is 25.3. The zero-order valence-corrected chi connectivity index (χ0v) is 34.3. The van der Waals surface area contributed by atoms with Crippen LogP contribution in [0.1, 0.15) is 90.6 Å². The van der Waals surface area contributed by atoms with E-state index in [1.54, 1.807) is 67.6 Å². The third-order valence-electron chi connectivity index (χ3n) is 10.9. The zero-order chi connectivity index (χ0) is 44.8. The Kier molecular flexibility index (Phi) is 16.3. The summed E-state index contributed by atoms with van der Waals surface area (Å²) >= 11 is 0. The Morgan fingerprint density at radius 2 is 1.42 bits per heavy atom. The molecule has 2 aliphatic rings. The van der Waals surface area contributed by atoms with Gasteiger partial charge < -0.3 is 47.6 Å². The summed E-state index contributed by atoms with van der Waals surface area (Å²) in [6.45, 7) is 0.867. The Morgan fingerprint density at radius 3 is 2.05 bits per heavy atom. The molecule has 0 aromatic heterocycles. The van der Waals surface area contributed by atoms with E-state index in [4.69, 9.17) is 5.73 Å². The number of carboxylic acid groups (broad SMARTS) is 1. The molecule has 62 heavy (non-hydrogen) atoms. The van der Waals surface area contributed by atoms with Gasteiger partial charge in [0.2, 0.25) is 29.4 Å². The second-order valence-electron chi connectivity index (χ2n) is 15.3. The molecule has 5 rings (SSSR count). The van der Waals surface area contributed by atoms with Crippen LogP contribution >= 0.6 is 0 Å². The number of para-hydroxylation sites is 1. The van der Waals surface area contributed by atoms with E-state index < -0.39 is 90.0 Å². The number of nitrogens with two attached hydrogens (primary N) is 1. The summed E-state index contributed by atoms with van der Waals surface area (Å²) in [6.07, 6.45) is 3.84. The Hall–Kier alpha value is -7.11. The van der Waals surface area contributed by atoms with Crippen LogP contribution in [0.5, 0.6) is 0 Å². The van der Waals surface area contributed by atoms with Crippen molar-refractivity contribution in [2.45, 2.75) is 88.5 Å². The van der Waals surface area contributed by atoms with Gasteiger partial charge in [0.05, 0.1) is 29.8 Å². The fourth-order valence-corrected chi connectivity index (χ4v) is 7.83. The number of nitrogens with one attached hydrogen (secondary N) is 6. The van der Waals surface area contributed by atoms with E-state index in [0.29, 0.717) is 30.5 Å². The summed E-state index contributed by atoms with van der Waals surface area (Å²) in [5.41, 5.74) is 5.97. The average Bonchev–Trinajstić information content (AvgIpc) is 3.70. The van der Waals surface area contributed by atoms with Gasteiger partial charge in [0.1, 0.15) is 18.1 Å². The highest BCUT2D eigenvalue weighted by Crippen LogP contribution is 2.30. The Labute approximate surface area is 358 Å². The van der Waals surface area contributed by atoms with Crippen LogP contribution in [0.2, 0.25) is 0 Å². The van der Waals surface area contributed by atoms with Crippen LogP contribution in [0.4, 0.5) is 10.5 Å². The molecule has 3 aromatic carbocycles. The van der Waals surface area contributed by atoms with Crippen LogP contribution in [0.3, 0.4) is 0 Å². The first-order chi connectivity index (χ1) is 29.8. The first-order valence-electron chi connectivity index (χ1n) is 20.6. The molecular formula is C44H52N8O10. The van der Waals surface area contributed by atoms with Gasteiger partial charge >= 0.3 is 12.0 Å². The standard InChI is InChI=1S/C44H52N8O10/c1-2-14-32(37(54)41(58)46-24-34(53)50-35(38(45)55)26-15-6-3-7-16-26)49-40(57)33-23-29(48-44(62)47-28-19-10-5-11-20-28)25-52(33)42(59)36(27-17-8-4-9-18-27)51-39(56)30-21-12-13-22-31(30)43(60)61/h3,5-7,10-13,15-16,19-22,27,29,32-33,35-36H,2,4,8-9,14,17-18,23-25H2,1H3,(H2,45,55)(H,46,58)(H,49,57)(H,50,53)(H,51,56)(H,60,61)(H2,47,48,62)/t29-,32?,33?,35+,36+/m1/s1. The number of urea groups is 1. The minimum absolute atomic E-state index is 0.00746. The van der Waals surface area contributed by atoms with Crippen LogP contribution < -0.4 is 37.6 Å². The monoisotopic (exact) mass is 852 g/mol. The number of ketones is 1. The lowest BCUT2D eigenvalue weighted by atomic mass is 9.83. The number of amides is 8. The van der Waals surface area contributed by atoms with Crippen molar-refractivity contribution >= 4 is 58.9 Å². The first-order valence-corrected chi connectivity index (χ1v) is 20.6. The topological polar surface area (TPSA) is 275 Å². The number of anilines is 1. The van der Waals surface area contributed by atoms with Gasteiger partial charge in [0.15, 0.2) is 0 Å². The molecule has 0 spiro atoms. The number of primary amides is 1. The van der Waals surface area contributed by atoms with Gasteiger partial charge in [-0.15, -0.1) is 0 Å². The maximum atomic E-state index is 14.8. The fraction of sp³-hybridized carbons (Fsp3) is 0.386. The largest absolute Gasteiger partial charge is 0.478 e. The van der Waals surface area contributed by atoms with Crippen molar-refractivity contribution in [2.24, 2.45) is 11.7 Å². The normalized spacial score (nSPS) is 17.6. The van der Waals surface area contributed by atoms with E-state index in [1.807, 2.05) is 0 Å². The predicted octanol–water partition coefficient (Wildman–Crippen LogP) is 2.17. The zero-order valence-electron chi connectivity index (χ0n) is 34.3. The van der Waals surface area contributed by atoms with Crippen molar-refractivity contribution in [3.63, 3.8) is 0 Å². The van der Waals surface area contributed by atoms with Gasteiger partial charge in [0.25, 0.3) is 11.8 Å². The number of hydrogen-bond acceptors (Lipinski definition) is 9. The smallest absolute Gasteiger partial charge is 0.336 e. The molecule has 8 amide bonds. The molecule has 3 aromatic rings. The van der Waals surface area contributed by atoms with Crippen molar-refractivity contribution in [1.82, 2.24) is 31.5 Å². The number of nitrogens with zero attached hydrogens (tertiary/aromatic N) is 1. The Balaban J connectivity index is 1.34. The van der Waals surface area contributed by atoms with Gasteiger partial charge in [-0.1, -0.05) is 93.3 Å². The Morgan fingerprint density at radius 1 is 0.790 bits per heavy atom. The van der Waals surface area contributed by atoms with Crippen molar-refractivity contribution in [1.29, 1.82) is 0 Å². The molecule has 1 saturated carbocycles. The number of likely N-dealkylation sites (tertiary alicyclic amines) is 1. The number of benzene rings is 3. The summed E-state index contributed by atoms with van der Waals surface area (Å²) < 4.78 is 0. The van der Waals surface area contributed by atoms with Gasteiger partial charge in [-0.05, 0) is 61.4 Å². The van der Waals surface area contributed by atoms with Gasteiger partial charge in [-0.3, -0.25) is 33.6 Å². The molecular weight excluding hydrogens is 801 g/mol. The Bertz CT molecular complexity index is 2130. The SMILES string of the molecule is CCCC(NC(=O)C1C[C@@H](NC(=O)Nc2ccccc2)CN1C(=O)[C@@H](NC(=O)c1ccccc1C(=O)O)C1CCCCC1)C(=O)C(=O)NCC(=O)N[C@H](C(N)=O)c1ccccc1. The number of Topliss-reactive ketones (excluding diaryl/α,β-unsaturated/α-hetero) is 1. The van der Waals surface area contributed by atoms with Crippen LogP contribution in [-0.2, 0) is 28.8 Å². The lowest BCUT2D eigenvalue weighted by molar-refractivity contribution is -0.143. The van der Waals surface area contributed by atoms with E-state index in [9.17, 15) is 48.3 Å². The quantitative estimate of drug-likeness (QED) is 0.0864. The number of carbonyl (C=O) groups excluding carboxylic acids is 8. The van der Waals surface area contributed by atoms with E-state index in [1.165, 1.54) is 29.2 Å². The molecule has 1 aliphatic carbocycles. The molecule has 1 saturated heterocycles.